The molecule has 38 heavy (non-hydrogen) atoms. The number of hydrogen-bond acceptors (Lipinski definition) is 8. The quantitative estimate of drug-likeness (QED) is 0.299. The third-order valence-electron chi connectivity index (χ3n) is 6.47. The summed E-state index contributed by atoms with van der Waals surface area (Å²) in [5, 5.41) is 6.24. The highest BCUT2D eigenvalue weighted by atomic mass is 19.4. The van der Waals surface area contributed by atoms with Gasteiger partial charge < -0.3 is 20.0 Å². The Balaban J connectivity index is 1.38. The average Bonchev–Trinajstić information content (AvgIpc) is 3.25. The summed E-state index contributed by atoms with van der Waals surface area (Å²) in [6.07, 6.45) is -1.84. The van der Waals surface area contributed by atoms with Gasteiger partial charge in [0, 0.05) is 49.3 Å². The van der Waals surface area contributed by atoms with Gasteiger partial charge in [0.1, 0.15) is 5.82 Å². The molecule has 0 atom stereocenters. The smallest absolute Gasteiger partial charge is 0.408 e. The van der Waals surface area contributed by atoms with Crippen LogP contribution in [0, 0.1) is 6.92 Å². The van der Waals surface area contributed by atoms with Crippen LogP contribution in [-0.2, 0) is 6.18 Å². The SMILES string of the molecule is CCCN1CCN(c2cc(Nc3ncc(C)c(Nc4ccc5oc(=O)[nH]c5c4)n3)ccc2C(F)(F)F)CC1. The maximum Gasteiger partial charge on any atom is 0.418 e. The highest BCUT2D eigenvalue weighted by molar-refractivity contribution is 5.78. The first-order valence-corrected chi connectivity index (χ1v) is 12.4. The molecule has 5 rings (SSSR count). The van der Waals surface area contributed by atoms with Gasteiger partial charge in [0.25, 0.3) is 0 Å². The molecule has 1 aliphatic heterocycles. The van der Waals surface area contributed by atoms with Crippen LogP contribution >= 0.6 is 0 Å². The van der Waals surface area contributed by atoms with Gasteiger partial charge in [-0.3, -0.25) is 9.88 Å². The number of piperazine rings is 1. The predicted molar refractivity (Wildman–Crippen MR) is 141 cm³/mol. The van der Waals surface area contributed by atoms with Crippen molar-refractivity contribution in [2.75, 3.05) is 48.3 Å². The molecule has 9 nitrogen and oxygen atoms in total. The number of aromatic nitrogens is 3. The van der Waals surface area contributed by atoms with E-state index in [2.05, 4.69) is 37.4 Å². The average molecular weight is 528 g/mol. The molecule has 0 amide bonds. The fraction of sp³-hybridized carbons (Fsp3) is 0.346. The van der Waals surface area contributed by atoms with E-state index in [9.17, 15) is 18.0 Å². The third-order valence-corrected chi connectivity index (χ3v) is 6.47. The number of aryl methyl sites for hydroxylation is 1. The van der Waals surface area contributed by atoms with Crippen molar-refractivity contribution in [3.8, 4) is 0 Å². The molecule has 0 radical (unpaired) electrons. The number of alkyl halides is 3. The molecule has 12 heteroatoms. The van der Waals surface area contributed by atoms with E-state index in [1.807, 2.05) is 6.92 Å². The molecule has 3 N–H and O–H groups in total. The van der Waals surface area contributed by atoms with Crippen LogP contribution in [0.4, 0.5) is 42.0 Å². The van der Waals surface area contributed by atoms with Gasteiger partial charge in [-0.15, -0.1) is 0 Å². The molecule has 0 saturated carbocycles. The van der Waals surface area contributed by atoms with Crippen LogP contribution in [0.2, 0.25) is 0 Å². The molecule has 0 aliphatic carbocycles. The first-order valence-electron chi connectivity index (χ1n) is 12.4. The second-order valence-electron chi connectivity index (χ2n) is 9.26. The van der Waals surface area contributed by atoms with Gasteiger partial charge in [0.2, 0.25) is 5.95 Å². The Labute approximate surface area is 216 Å². The van der Waals surface area contributed by atoms with Crippen molar-refractivity contribution in [1.82, 2.24) is 19.9 Å². The van der Waals surface area contributed by atoms with Crippen LogP contribution in [0.5, 0.6) is 0 Å². The fourth-order valence-electron chi connectivity index (χ4n) is 4.56. The van der Waals surface area contributed by atoms with Gasteiger partial charge in [-0.2, -0.15) is 18.2 Å². The molecule has 0 spiro atoms. The van der Waals surface area contributed by atoms with Crippen LogP contribution in [0.25, 0.3) is 11.1 Å². The summed E-state index contributed by atoms with van der Waals surface area (Å²) in [6.45, 7) is 7.35. The number of anilines is 5. The molecule has 1 aliphatic rings. The van der Waals surface area contributed by atoms with Crippen molar-refractivity contribution in [2.24, 2.45) is 0 Å². The van der Waals surface area contributed by atoms with E-state index in [1.54, 1.807) is 29.3 Å². The molecule has 4 aromatic rings. The monoisotopic (exact) mass is 527 g/mol. The van der Waals surface area contributed by atoms with Crippen molar-refractivity contribution in [1.29, 1.82) is 0 Å². The Morgan fingerprint density at radius 3 is 2.53 bits per heavy atom. The number of fused-ring (bicyclic) bond motifs is 1. The lowest BCUT2D eigenvalue weighted by atomic mass is 10.1. The van der Waals surface area contributed by atoms with Gasteiger partial charge in [-0.25, -0.2) is 9.78 Å². The summed E-state index contributed by atoms with van der Waals surface area (Å²) in [6, 6.07) is 9.13. The maximum absolute atomic E-state index is 13.8. The van der Waals surface area contributed by atoms with Gasteiger partial charge in [-0.05, 0) is 56.3 Å². The number of aromatic amines is 1. The molecule has 2 aromatic carbocycles. The number of hydrogen-bond donors (Lipinski definition) is 3. The van der Waals surface area contributed by atoms with Gasteiger partial charge >= 0.3 is 11.9 Å². The maximum atomic E-state index is 13.8. The number of rotatable bonds is 7. The van der Waals surface area contributed by atoms with Crippen molar-refractivity contribution < 1.29 is 17.6 Å². The molecular weight excluding hydrogens is 499 g/mol. The number of H-pyrrole nitrogens is 1. The molecule has 0 unspecified atom stereocenters. The summed E-state index contributed by atoms with van der Waals surface area (Å²) >= 11 is 0. The summed E-state index contributed by atoms with van der Waals surface area (Å²) in [7, 11) is 0. The first kappa shape index (κ1) is 25.6. The molecule has 1 saturated heterocycles. The van der Waals surface area contributed by atoms with E-state index >= 15 is 0 Å². The molecular formula is C26H28F3N7O2. The highest BCUT2D eigenvalue weighted by Crippen LogP contribution is 2.39. The Bertz CT molecular complexity index is 1490. The van der Waals surface area contributed by atoms with Crippen molar-refractivity contribution in [3.63, 3.8) is 0 Å². The molecule has 200 valence electrons. The Morgan fingerprint density at radius 2 is 1.79 bits per heavy atom. The second-order valence-corrected chi connectivity index (χ2v) is 9.26. The van der Waals surface area contributed by atoms with Gasteiger partial charge in [0.15, 0.2) is 5.58 Å². The molecule has 1 fully saturated rings. The normalized spacial score (nSPS) is 14.7. The summed E-state index contributed by atoms with van der Waals surface area (Å²) < 4.78 is 46.6. The fourth-order valence-corrected chi connectivity index (χ4v) is 4.56. The van der Waals surface area contributed by atoms with E-state index in [0.717, 1.165) is 37.7 Å². The Hall–Kier alpha value is -4.06. The standard InChI is InChI=1S/C26H28F3N7O2/c1-3-8-35-9-11-36(12-10-35)21-14-18(4-6-19(21)26(27,28)29)32-24-30-15-16(2)23(34-24)31-17-5-7-22-20(13-17)33-25(37)38-22/h4-7,13-15H,3,8-12H2,1-2H3,(H,33,37)(H2,30,31,32,34). The minimum absolute atomic E-state index is 0.145. The predicted octanol–water partition coefficient (Wildman–Crippen LogP) is 5.26. The van der Waals surface area contributed by atoms with Crippen molar-refractivity contribution >= 4 is 39.9 Å². The number of halogens is 3. The van der Waals surface area contributed by atoms with Crippen LogP contribution in [0.1, 0.15) is 24.5 Å². The minimum atomic E-state index is -4.47. The lowest BCUT2D eigenvalue weighted by molar-refractivity contribution is -0.137. The van der Waals surface area contributed by atoms with E-state index < -0.39 is 17.5 Å². The first-order chi connectivity index (χ1) is 18.2. The zero-order valence-corrected chi connectivity index (χ0v) is 21.0. The molecule has 2 aromatic heterocycles. The molecule has 0 bridgehead atoms. The van der Waals surface area contributed by atoms with Crippen molar-refractivity contribution in [3.05, 3.63) is 64.3 Å². The zero-order chi connectivity index (χ0) is 26.9. The number of oxazole rings is 1. The number of benzene rings is 2. The number of nitrogens with one attached hydrogen (secondary N) is 3. The van der Waals surface area contributed by atoms with Crippen LogP contribution in [-0.4, -0.2) is 52.6 Å². The topological polar surface area (TPSA) is 102 Å². The van der Waals surface area contributed by atoms with Crippen LogP contribution < -0.4 is 21.3 Å². The van der Waals surface area contributed by atoms with E-state index in [-0.39, 0.29) is 11.6 Å². The summed E-state index contributed by atoms with van der Waals surface area (Å²) in [5.41, 5.74) is 2.34. The second kappa shape index (κ2) is 10.4. The Kier molecular flexibility index (Phi) is 6.98. The molecule has 3 heterocycles. The number of nitrogens with zero attached hydrogens (tertiary/aromatic N) is 4. The van der Waals surface area contributed by atoms with E-state index in [1.165, 1.54) is 12.1 Å². The lowest BCUT2D eigenvalue weighted by Crippen LogP contribution is -2.47. The lowest BCUT2D eigenvalue weighted by Gasteiger charge is -2.37. The third kappa shape index (κ3) is 5.59. The van der Waals surface area contributed by atoms with E-state index in [4.69, 9.17) is 4.42 Å². The Morgan fingerprint density at radius 1 is 1.05 bits per heavy atom. The van der Waals surface area contributed by atoms with Crippen molar-refractivity contribution in [2.45, 2.75) is 26.4 Å². The van der Waals surface area contributed by atoms with Crippen LogP contribution in [0.3, 0.4) is 0 Å². The summed E-state index contributed by atoms with van der Waals surface area (Å²) in [4.78, 5) is 26.9. The largest absolute Gasteiger partial charge is 0.418 e. The summed E-state index contributed by atoms with van der Waals surface area (Å²) in [5.74, 6) is 0.196. The minimum Gasteiger partial charge on any atom is -0.408 e. The van der Waals surface area contributed by atoms with Gasteiger partial charge in [-0.1, -0.05) is 6.92 Å². The highest BCUT2D eigenvalue weighted by Gasteiger charge is 2.35. The zero-order valence-electron chi connectivity index (χ0n) is 21.0. The van der Waals surface area contributed by atoms with Crippen LogP contribution in [0.15, 0.2) is 51.8 Å². The van der Waals surface area contributed by atoms with Gasteiger partial charge in [0.05, 0.1) is 16.8 Å². The van der Waals surface area contributed by atoms with E-state index in [0.29, 0.717) is 41.4 Å².